The second-order valence-corrected chi connectivity index (χ2v) is 4.27. The summed E-state index contributed by atoms with van der Waals surface area (Å²) in [5.41, 5.74) is 0.390. The van der Waals surface area contributed by atoms with Gasteiger partial charge >= 0.3 is 0 Å². The molecule has 0 heterocycles. The van der Waals surface area contributed by atoms with Crippen molar-refractivity contribution in [1.29, 1.82) is 0 Å². The molecule has 0 spiro atoms. The first-order chi connectivity index (χ1) is 8.43. The second-order valence-electron chi connectivity index (χ2n) is 4.27. The van der Waals surface area contributed by atoms with Gasteiger partial charge < -0.3 is 15.2 Å². The molecular formula is C12H18N2O4. The van der Waals surface area contributed by atoms with Gasteiger partial charge in [0.15, 0.2) is 0 Å². The van der Waals surface area contributed by atoms with Crippen LogP contribution in [0.25, 0.3) is 0 Å². The predicted octanol–water partition coefficient (Wildman–Crippen LogP) is 2.17. The minimum atomic E-state index is -0.458. The van der Waals surface area contributed by atoms with Crippen LogP contribution in [0.5, 0.6) is 5.75 Å². The highest BCUT2D eigenvalue weighted by atomic mass is 16.6. The van der Waals surface area contributed by atoms with E-state index in [4.69, 9.17) is 4.74 Å². The summed E-state index contributed by atoms with van der Waals surface area (Å²) >= 11 is 0. The largest absolute Gasteiger partial charge is 0.496 e. The van der Waals surface area contributed by atoms with E-state index in [1.807, 2.05) is 6.92 Å². The lowest BCUT2D eigenvalue weighted by Gasteiger charge is -2.16. The van der Waals surface area contributed by atoms with Crippen molar-refractivity contribution in [2.24, 2.45) is 0 Å². The van der Waals surface area contributed by atoms with E-state index in [1.165, 1.54) is 13.2 Å². The first kappa shape index (κ1) is 14.2. The first-order valence-electron chi connectivity index (χ1n) is 5.71. The molecule has 0 radical (unpaired) electrons. The van der Waals surface area contributed by atoms with Gasteiger partial charge in [-0.1, -0.05) is 0 Å². The number of benzene rings is 1. The van der Waals surface area contributed by atoms with E-state index in [-0.39, 0.29) is 11.7 Å². The van der Waals surface area contributed by atoms with Crippen LogP contribution in [0.4, 0.5) is 11.4 Å². The minimum absolute atomic E-state index is 0.0354. The Kier molecular flexibility index (Phi) is 4.91. The van der Waals surface area contributed by atoms with Gasteiger partial charge in [0, 0.05) is 6.04 Å². The van der Waals surface area contributed by atoms with Crippen LogP contribution in [-0.4, -0.2) is 29.3 Å². The molecule has 6 nitrogen and oxygen atoms in total. The Hall–Kier alpha value is -1.82. The summed E-state index contributed by atoms with van der Waals surface area (Å²) in [7, 11) is 1.46. The molecule has 1 rings (SSSR count). The van der Waals surface area contributed by atoms with Gasteiger partial charge in [0.05, 0.1) is 24.2 Å². The lowest BCUT2D eigenvalue weighted by Crippen LogP contribution is -2.21. The van der Waals surface area contributed by atoms with Crippen LogP contribution in [0.2, 0.25) is 0 Å². The van der Waals surface area contributed by atoms with Gasteiger partial charge in [0.2, 0.25) is 0 Å². The summed E-state index contributed by atoms with van der Waals surface area (Å²) < 4.78 is 4.96. The number of anilines is 1. The van der Waals surface area contributed by atoms with Gasteiger partial charge in [-0.15, -0.1) is 0 Å². The third-order valence-corrected chi connectivity index (χ3v) is 2.50. The Bertz CT molecular complexity index is 421. The van der Waals surface area contributed by atoms with Crippen molar-refractivity contribution in [2.45, 2.75) is 32.4 Å². The number of rotatable bonds is 6. The van der Waals surface area contributed by atoms with Gasteiger partial charge in [-0.3, -0.25) is 10.1 Å². The van der Waals surface area contributed by atoms with Crippen molar-refractivity contribution >= 4 is 11.4 Å². The number of aliphatic hydroxyl groups is 1. The Balaban J connectivity index is 2.90. The standard InChI is InChI=1S/C12H18N2O4/c1-8(6-9(2)15)13-11-5-4-10(18-3)7-12(11)14(16)17/h4-5,7-9,13,15H,6H2,1-3H3. The smallest absolute Gasteiger partial charge is 0.296 e. The highest BCUT2D eigenvalue weighted by Crippen LogP contribution is 2.29. The molecular weight excluding hydrogens is 236 g/mol. The molecule has 18 heavy (non-hydrogen) atoms. The summed E-state index contributed by atoms with van der Waals surface area (Å²) in [6, 6.07) is 4.58. The van der Waals surface area contributed by atoms with Crippen LogP contribution in [0.15, 0.2) is 18.2 Å². The van der Waals surface area contributed by atoms with Crippen molar-refractivity contribution in [3.8, 4) is 5.75 Å². The topological polar surface area (TPSA) is 84.6 Å². The number of nitro benzene ring substituents is 1. The second kappa shape index (κ2) is 6.20. The summed E-state index contributed by atoms with van der Waals surface area (Å²) in [6.45, 7) is 3.54. The van der Waals surface area contributed by atoms with Crippen molar-refractivity contribution in [1.82, 2.24) is 0 Å². The molecule has 0 amide bonds. The molecule has 1 aromatic carbocycles. The van der Waals surface area contributed by atoms with Crippen LogP contribution in [0.3, 0.4) is 0 Å². The number of hydrogen-bond donors (Lipinski definition) is 2. The fraction of sp³-hybridized carbons (Fsp3) is 0.500. The van der Waals surface area contributed by atoms with Crippen LogP contribution in [0.1, 0.15) is 20.3 Å². The van der Waals surface area contributed by atoms with Crippen molar-refractivity contribution in [3.05, 3.63) is 28.3 Å². The Morgan fingerprint density at radius 2 is 2.17 bits per heavy atom. The van der Waals surface area contributed by atoms with E-state index < -0.39 is 11.0 Å². The number of nitro groups is 1. The average molecular weight is 254 g/mol. The highest BCUT2D eigenvalue weighted by molar-refractivity contribution is 5.64. The van der Waals surface area contributed by atoms with E-state index in [9.17, 15) is 15.2 Å². The Labute approximate surface area is 106 Å². The Morgan fingerprint density at radius 3 is 2.67 bits per heavy atom. The van der Waals surface area contributed by atoms with E-state index in [0.29, 0.717) is 17.9 Å². The summed E-state index contributed by atoms with van der Waals surface area (Å²) in [5, 5.41) is 23.2. The van der Waals surface area contributed by atoms with Gasteiger partial charge in [-0.2, -0.15) is 0 Å². The first-order valence-corrected chi connectivity index (χ1v) is 5.71. The molecule has 6 heteroatoms. The molecule has 2 atom stereocenters. The number of ether oxygens (including phenoxy) is 1. The zero-order chi connectivity index (χ0) is 13.7. The van der Waals surface area contributed by atoms with Crippen LogP contribution < -0.4 is 10.1 Å². The van der Waals surface area contributed by atoms with Gasteiger partial charge in [-0.05, 0) is 32.4 Å². The number of hydrogen-bond acceptors (Lipinski definition) is 5. The van der Waals surface area contributed by atoms with Crippen molar-refractivity contribution in [2.75, 3.05) is 12.4 Å². The van der Waals surface area contributed by atoms with Crippen LogP contribution >= 0.6 is 0 Å². The Morgan fingerprint density at radius 1 is 1.50 bits per heavy atom. The number of nitrogens with one attached hydrogen (secondary N) is 1. The fourth-order valence-corrected chi connectivity index (χ4v) is 1.75. The minimum Gasteiger partial charge on any atom is -0.496 e. The van der Waals surface area contributed by atoms with Gasteiger partial charge in [0.25, 0.3) is 5.69 Å². The molecule has 1 aromatic rings. The summed E-state index contributed by atoms with van der Waals surface area (Å²) in [5.74, 6) is 0.440. The normalized spacial score (nSPS) is 13.8. The average Bonchev–Trinajstić information content (AvgIpc) is 2.28. The van der Waals surface area contributed by atoms with Crippen LogP contribution in [0, 0.1) is 10.1 Å². The van der Waals surface area contributed by atoms with Crippen LogP contribution in [-0.2, 0) is 0 Å². The summed E-state index contributed by atoms with van der Waals surface area (Å²) in [6.07, 6.45) is 0.0632. The molecule has 100 valence electrons. The number of aliphatic hydroxyl groups excluding tert-OH is 1. The zero-order valence-corrected chi connectivity index (χ0v) is 10.7. The molecule has 0 aliphatic rings. The zero-order valence-electron chi connectivity index (χ0n) is 10.7. The lowest BCUT2D eigenvalue weighted by atomic mass is 10.1. The third kappa shape index (κ3) is 3.89. The molecule has 0 saturated carbocycles. The monoisotopic (exact) mass is 254 g/mol. The lowest BCUT2D eigenvalue weighted by molar-refractivity contribution is -0.384. The maximum Gasteiger partial charge on any atom is 0.296 e. The maximum atomic E-state index is 11.0. The highest BCUT2D eigenvalue weighted by Gasteiger charge is 2.17. The molecule has 0 aliphatic carbocycles. The van der Waals surface area contributed by atoms with E-state index >= 15 is 0 Å². The maximum absolute atomic E-state index is 11.0. The van der Waals surface area contributed by atoms with E-state index in [1.54, 1.807) is 19.1 Å². The van der Waals surface area contributed by atoms with E-state index in [0.717, 1.165) is 0 Å². The van der Waals surface area contributed by atoms with Gasteiger partial charge in [0.1, 0.15) is 11.4 Å². The molecule has 0 aliphatic heterocycles. The summed E-state index contributed by atoms with van der Waals surface area (Å²) in [4.78, 5) is 10.5. The number of nitrogens with zero attached hydrogens (tertiary/aromatic N) is 1. The predicted molar refractivity (Wildman–Crippen MR) is 69.0 cm³/mol. The molecule has 2 unspecified atom stereocenters. The van der Waals surface area contributed by atoms with E-state index in [2.05, 4.69) is 5.32 Å². The molecule has 2 N–H and O–H groups in total. The van der Waals surface area contributed by atoms with Crippen molar-refractivity contribution < 1.29 is 14.8 Å². The molecule has 0 saturated heterocycles. The SMILES string of the molecule is COc1ccc(NC(C)CC(C)O)c([N+](=O)[O-])c1. The number of methoxy groups -OCH3 is 1. The quantitative estimate of drug-likeness (QED) is 0.600. The molecule has 0 bridgehead atoms. The fourth-order valence-electron chi connectivity index (χ4n) is 1.75. The van der Waals surface area contributed by atoms with Crippen molar-refractivity contribution in [3.63, 3.8) is 0 Å². The third-order valence-electron chi connectivity index (χ3n) is 2.50. The molecule has 0 fully saturated rings. The molecule has 0 aromatic heterocycles. The van der Waals surface area contributed by atoms with Gasteiger partial charge in [-0.25, -0.2) is 0 Å².